The average molecular weight is 464 g/mol. The SMILES string of the molecule is CCN(CC)C(=S)NN=C(C)C(=NNC(=S)N(CC)CC)c1ccc(NC(C)=O)cc1. The third-order valence-electron chi connectivity index (χ3n) is 4.51. The highest BCUT2D eigenvalue weighted by Crippen LogP contribution is 2.11. The van der Waals surface area contributed by atoms with E-state index in [-0.39, 0.29) is 5.91 Å². The zero-order chi connectivity index (χ0) is 23.4. The van der Waals surface area contributed by atoms with Crippen LogP contribution in [0.5, 0.6) is 0 Å². The highest BCUT2D eigenvalue weighted by atomic mass is 32.1. The van der Waals surface area contributed by atoms with Gasteiger partial charge in [0.2, 0.25) is 5.91 Å². The smallest absolute Gasteiger partial charge is 0.221 e. The van der Waals surface area contributed by atoms with E-state index in [1.165, 1.54) is 6.92 Å². The third-order valence-corrected chi connectivity index (χ3v) is 5.20. The van der Waals surface area contributed by atoms with Crippen LogP contribution in [0.3, 0.4) is 0 Å². The molecule has 1 amide bonds. The van der Waals surface area contributed by atoms with Crippen molar-refractivity contribution in [3.63, 3.8) is 0 Å². The Morgan fingerprint density at radius 1 is 0.839 bits per heavy atom. The number of amides is 1. The maximum Gasteiger partial charge on any atom is 0.221 e. The number of nitrogens with zero attached hydrogens (tertiary/aromatic N) is 4. The van der Waals surface area contributed by atoms with Crippen molar-refractivity contribution in [1.82, 2.24) is 20.7 Å². The standard InChI is InChI=1S/C21H33N7OS2/c1-7-27(8-2)20(30)25-23-15(5)19(24-26-21(31)28(9-3)10-4)17-11-13-18(14-12-17)22-16(6)29/h11-14H,7-10H2,1-6H3,(H,22,29)(H,25,30)(H,26,31). The lowest BCUT2D eigenvalue weighted by atomic mass is 10.1. The Labute approximate surface area is 196 Å². The summed E-state index contributed by atoms with van der Waals surface area (Å²) in [5.74, 6) is -0.125. The van der Waals surface area contributed by atoms with Crippen molar-refractivity contribution in [3.8, 4) is 0 Å². The summed E-state index contributed by atoms with van der Waals surface area (Å²) in [5.41, 5.74) is 8.68. The van der Waals surface area contributed by atoms with E-state index in [0.717, 1.165) is 31.7 Å². The average Bonchev–Trinajstić information content (AvgIpc) is 2.74. The quantitative estimate of drug-likeness (QED) is 0.295. The van der Waals surface area contributed by atoms with E-state index in [4.69, 9.17) is 24.4 Å². The molecule has 3 N–H and O–H groups in total. The van der Waals surface area contributed by atoms with Gasteiger partial charge in [-0.2, -0.15) is 10.2 Å². The number of thiocarbonyl (C=S) groups is 2. The number of nitrogens with one attached hydrogen (secondary N) is 3. The minimum absolute atomic E-state index is 0.125. The lowest BCUT2D eigenvalue weighted by molar-refractivity contribution is -0.114. The molecule has 0 aromatic heterocycles. The molecule has 0 unspecified atom stereocenters. The van der Waals surface area contributed by atoms with E-state index >= 15 is 0 Å². The van der Waals surface area contributed by atoms with E-state index < -0.39 is 0 Å². The van der Waals surface area contributed by atoms with Gasteiger partial charge in [0.05, 0.1) is 5.71 Å². The lowest BCUT2D eigenvalue weighted by Crippen LogP contribution is -2.39. The van der Waals surface area contributed by atoms with Crippen LogP contribution in [0, 0.1) is 0 Å². The molecule has 0 aliphatic rings. The Morgan fingerprint density at radius 2 is 1.29 bits per heavy atom. The highest BCUT2D eigenvalue weighted by molar-refractivity contribution is 7.80. The van der Waals surface area contributed by atoms with E-state index in [0.29, 0.717) is 27.3 Å². The molecular weight excluding hydrogens is 430 g/mol. The first-order valence-corrected chi connectivity index (χ1v) is 11.2. The van der Waals surface area contributed by atoms with Crippen LogP contribution in [-0.4, -0.2) is 63.5 Å². The van der Waals surface area contributed by atoms with Crippen LogP contribution < -0.4 is 16.2 Å². The van der Waals surface area contributed by atoms with Gasteiger partial charge in [0.1, 0.15) is 5.71 Å². The van der Waals surface area contributed by atoms with Crippen LogP contribution in [0.4, 0.5) is 5.69 Å². The fourth-order valence-electron chi connectivity index (χ4n) is 2.72. The predicted molar refractivity (Wildman–Crippen MR) is 138 cm³/mol. The molecule has 0 radical (unpaired) electrons. The first-order valence-electron chi connectivity index (χ1n) is 10.4. The van der Waals surface area contributed by atoms with Gasteiger partial charge < -0.3 is 15.1 Å². The number of carbonyl (C=O) groups is 1. The first kappa shape index (κ1) is 26.4. The number of benzene rings is 1. The molecule has 0 bridgehead atoms. The van der Waals surface area contributed by atoms with E-state index in [1.54, 1.807) is 0 Å². The van der Waals surface area contributed by atoms with Gasteiger partial charge in [0.25, 0.3) is 0 Å². The van der Waals surface area contributed by atoms with Gasteiger partial charge in [-0.25, -0.2) is 0 Å². The van der Waals surface area contributed by atoms with Crippen molar-refractivity contribution in [2.45, 2.75) is 41.5 Å². The third kappa shape index (κ3) is 8.58. The molecule has 0 saturated heterocycles. The Morgan fingerprint density at radius 3 is 1.71 bits per heavy atom. The molecule has 170 valence electrons. The second-order valence-corrected chi connectivity index (χ2v) is 7.37. The topological polar surface area (TPSA) is 84.4 Å². The first-order chi connectivity index (χ1) is 14.8. The molecule has 0 atom stereocenters. The summed E-state index contributed by atoms with van der Waals surface area (Å²) in [5, 5.41) is 12.8. The fourth-order valence-corrected chi connectivity index (χ4v) is 3.33. The van der Waals surface area contributed by atoms with E-state index in [2.05, 4.69) is 26.4 Å². The summed E-state index contributed by atoms with van der Waals surface area (Å²) in [6.45, 7) is 14.6. The van der Waals surface area contributed by atoms with Crippen molar-refractivity contribution in [3.05, 3.63) is 29.8 Å². The molecule has 1 aromatic rings. The van der Waals surface area contributed by atoms with Gasteiger partial charge in [-0.1, -0.05) is 12.1 Å². The number of hydrazone groups is 2. The summed E-state index contributed by atoms with van der Waals surface area (Å²) in [7, 11) is 0. The lowest BCUT2D eigenvalue weighted by Gasteiger charge is -2.21. The molecule has 0 heterocycles. The van der Waals surface area contributed by atoms with Gasteiger partial charge in [-0.05, 0) is 71.2 Å². The summed E-state index contributed by atoms with van der Waals surface area (Å²) in [6, 6.07) is 7.37. The molecular formula is C21H33N7OS2. The Balaban J connectivity index is 3.18. The number of hydrogen-bond acceptors (Lipinski definition) is 5. The molecule has 0 spiro atoms. The van der Waals surface area contributed by atoms with Crippen molar-refractivity contribution >= 4 is 57.7 Å². The number of anilines is 1. The molecule has 31 heavy (non-hydrogen) atoms. The van der Waals surface area contributed by atoms with Crippen LogP contribution in [0.15, 0.2) is 34.5 Å². The van der Waals surface area contributed by atoms with Crippen molar-refractivity contribution in [1.29, 1.82) is 0 Å². The van der Waals surface area contributed by atoms with Crippen LogP contribution in [-0.2, 0) is 4.79 Å². The summed E-state index contributed by atoms with van der Waals surface area (Å²) in [4.78, 5) is 15.3. The molecule has 0 aliphatic carbocycles. The van der Waals surface area contributed by atoms with Gasteiger partial charge in [-0.3, -0.25) is 15.6 Å². The van der Waals surface area contributed by atoms with Crippen molar-refractivity contribution in [2.75, 3.05) is 31.5 Å². The zero-order valence-electron chi connectivity index (χ0n) is 19.2. The van der Waals surface area contributed by atoms with Gasteiger partial charge in [0.15, 0.2) is 10.2 Å². The summed E-state index contributed by atoms with van der Waals surface area (Å²) >= 11 is 10.9. The highest BCUT2D eigenvalue weighted by Gasteiger charge is 2.12. The normalized spacial score (nSPS) is 11.5. The minimum atomic E-state index is -0.125. The van der Waals surface area contributed by atoms with Crippen LogP contribution in [0.2, 0.25) is 0 Å². The monoisotopic (exact) mass is 463 g/mol. The molecule has 8 nitrogen and oxygen atoms in total. The molecule has 0 aliphatic heterocycles. The van der Waals surface area contributed by atoms with Crippen LogP contribution in [0.25, 0.3) is 0 Å². The van der Waals surface area contributed by atoms with Crippen LogP contribution >= 0.6 is 24.4 Å². The molecule has 0 fully saturated rings. The minimum Gasteiger partial charge on any atom is -0.348 e. The maximum atomic E-state index is 11.3. The molecule has 1 aromatic carbocycles. The van der Waals surface area contributed by atoms with Gasteiger partial charge in [-0.15, -0.1) is 0 Å². The molecule has 0 saturated carbocycles. The summed E-state index contributed by atoms with van der Waals surface area (Å²) < 4.78 is 0. The number of hydrogen-bond donors (Lipinski definition) is 3. The molecule has 1 rings (SSSR count). The molecule has 10 heteroatoms. The van der Waals surface area contributed by atoms with E-state index in [1.807, 2.05) is 68.7 Å². The fraction of sp³-hybridized carbons (Fsp3) is 0.476. The van der Waals surface area contributed by atoms with Gasteiger partial charge >= 0.3 is 0 Å². The predicted octanol–water partition coefficient (Wildman–Crippen LogP) is 3.16. The van der Waals surface area contributed by atoms with Crippen LogP contribution in [0.1, 0.15) is 47.1 Å². The number of rotatable bonds is 9. The van der Waals surface area contributed by atoms with Crippen molar-refractivity contribution in [2.24, 2.45) is 10.2 Å². The zero-order valence-corrected chi connectivity index (χ0v) is 20.8. The van der Waals surface area contributed by atoms with Gasteiger partial charge in [0, 0.05) is 44.4 Å². The second kappa shape index (κ2) is 13.7. The maximum absolute atomic E-state index is 11.3. The Bertz CT molecular complexity index is 814. The number of carbonyl (C=O) groups excluding carboxylic acids is 1. The van der Waals surface area contributed by atoms with Crippen molar-refractivity contribution < 1.29 is 4.79 Å². The Hall–Kier alpha value is -2.59. The Kier molecular flexibility index (Phi) is 11.7. The van der Waals surface area contributed by atoms with E-state index in [9.17, 15) is 4.79 Å². The second-order valence-electron chi connectivity index (χ2n) is 6.59. The largest absolute Gasteiger partial charge is 0.348 e. The summed E-state index contributed by atoms with van der Waals surface area (Å²) in [6.07, 6.45) is 0.